The highest BCUT2D eigenvalue weighted by Crippen LogP contribution is 2.35. The first-order valence-electron chi connectivity index (χ1n) is 9.49. The van der Waals surface area contributed by atoms with E-state index in [1.54, 1.807) is 66.9 Å². The van der Waals surface area contributed by atoms with Crippen molar-refractivity contribution in [2.75, 3.05) is 10.6 Å². The van der Waals surface area contributed by atoms with Crippen LogP contribution < -0.4 is 16.4 Å². The number of amides is 1. The summed E-state index contributed by atoms with van der Waals surface area (Å²) in [6.07, 6.45) is 2.68. The van der Waals surface area contributed by atoms with Gasteiger partial charge >= 0.3 is 5.97 Å². The Hall–Kier alpha value is -3.89. The van der Waals surface area contributed by atoms with Crippen molar-refractivity contribution in [1.29, 1.82) is 5.41 Å². The van der Waals surface area contributed by atoms with E-state index in [4.69, 9.17) is 11.1 Å². The van der Waals surface area contributed by atoms with Crippen LogP contribution in [0, 0.1) is 5.41 Å². The van der Waals surface area contributed by atoms with Gasteiger partial charge in [0.1, 0.15) is 0 Å². The van der Waals surface area contributed by atoms with Gasteiger partial charge in [-0.1, -0.05) is 18.2 Å². The molecule has 0 aliphatic carbocycles. The molecule has 0 spiro atoms. The van der Waals surface area contributed by atoms with Crippen molar-refractivity contribution in [3.05, 3.63) is 84.2 Å². The fraction of sp³-hybridized carbons (Fsp3) is 0.0909. The molecule has 2 aromatic carbocycles. The number of hydrogen-bond donors (Lipinski definition) is 5. The average Bonchev–Trinajstić information content (AvgIpc) is 2.78. The molecule has 10 heteroatoms. The summed E-state index contributed by atoms with van der Waals surface area (Å²) in [5.41, 5.74) is 7.04. The van der Waals surface area contributed by atoms with Crippen LogP contribution in [-0.4, -0.2) is 32.5 Å². The van der Waals surface area contributed by atoms with Crippen molar-refractivity contribution >= 4 is 40.4 Å². The minimum Gasteiger partial charge on any atom is -0.611 e. The average molecular weight is 452 g/mol. The Labute approximate surface area is 187 Å². The zero-order valence-electron chi connectivity index (χ0n) is 16.8. The molecule has 0 aliphatic heterocycles. The number of carbonyl (C=O) groups is 2. The number of aliphatic carboxylic acids is 1. The number of anilines is 2. The van der Waals surface area contributed by atoms with Crippen LogP contribution in [0.15, 0.2) is 78.0 Å². The van der Waals surface area contributed by atoms with Gasteiger partial charge in [-0.15, -0.1) is 0 Å². The minimum absolute atomic E-state index is 0.219. The number of hydrogen-bond acceptors (Lipinski definition) is 5. The summed E-state index contributed by atoms with van der Waals surface area (Å²) < 4.78 is 13.4. The van der Waals surface area contributed by atoms with Gasteiger partial charge in [-0.05, 0) is 53.6 Å². The number of para-hydroxylation sites is 1. The molecule has 2 unspecified atom stereocenters. The highest BCUT2D eigenvalue weighted by atomic mass is 32.2. The maximum Gasteiger partial charge on any atom is 0.308 e. The number of nitrogens with zero attached hydrogens (tertiary/aromatic N) is 1. The second-order valence-electron chi connectivity index (χ2n) is 6.74. The molecule has 32 heavy (non-hydrogen) atoms. The number of rotatable bonds is 8. The Balaban J connectivity index is 1.85. The van der Waals surface area contributed by atoms with E-state index in [0.717, 1.165) is 0 Å². The Morgan fingerprint density at radius 2 is 1.81 bits per heavy atom. The zero-order valence-corrected chi connectivity index (χ0v) is 17.6. The first-order chi connectivity index (χ1) is 15.3. The number of benzene rings is 2. The molecule has 0 aliphatic rings. The van der Waals surface area contributed by atoms with Crippen LogP contribution in [0.5, 0.6) is 0 Å². The summed E-state index contributed by atoms with van der Waals surface area (Å²) in [5, 5.41) is 21.1. The smallest absolute Gasteiger partial charge is 0.308 e. The minimum atomic E-state index is -1.77. The second-order valence-corrected chi connectivity index (χ2v) is 8.34. The molecule has 0 bridgehead atoms. The number of carboxylic acids is 1. The number of pyridine rings is 1. The van der Waals surface area contributed by atoms with Gasteiger partial charge in [-0.3, -0.25) is 20.0 Å². The molecule has 3 aromatic rings. The largest absolute Gasteiger partial charge is 0.611 e. The van der Waals surface area contributed by atoms with Gasteiger partial charge in [0.15, 0.2) is 16.1 Å². The third-order valence-corrected chi connectivity index (χ3v) is 6.20. The molecule has 1 heterocycles. The Kier molecular flexibility index (Phi) is 7.42. The van der Waals surface area contributed by atoms with Gasteiger partial charge in [0.25, 0.3) is 5.91 Å². The van der Waals surface area contributed by atoms with Crippen molar-refractivity contribution in [3.8, 4) is 0 Å². The van der Waals surface area contributed by atoms with Gasteiger partial charge in [-0.25, -0.2) is 0 Å². The lowest BCUT2D eigenvalue weighted by atomic mass is 10.1. The van der Waals surface area contributed by atoms with Crippen LogP contribution in [0.4, 0.5) is 11.4 Å². The summed E-state index contributed by atoms with van der Waals surface area (Å²) in [5.74, 6) is -1.74. The Morgan fingerprint density at radius 3 is 2.44 bits per heavy atom. The van der Waals surface area contributed by atoms with E-state index in [-0.39, 0.29) is 12.4 Å². The predicted molar refractivity (Wildman–Crippen MR) is 122 cm³/mol. The normalized spacial score (nSPS) is 12.4. The quantitative estimate of drug-likeness (QED) is 0.199. The molecular weight excluding hydrogens is 430 g/mol. The number of guanidine groups is 1. The summed E-state index contributed by atoms with van der Waals surface area (Å²) in [4.78, 5) is 28.5. The van der Waals surface area contributed by atoms with Crippen LogP contribution in [0.2, 0.25) is 0 Å². The molecule has 1 amide bonds. The molecule has 0 radical (unpaired) electrons. The fourth-order valence-electron chi connectivity index (χ4n) is 3.00. The number of aromatic nitrogens is 1. The van der Waals surface area contributed by atoms with E-state index in [9.17, 15) is 19.2 Å². The molecular formula is C22H21N5O4S. The topological polar surface area (TPSA) is 164 Å². The van der Waals surface area contributed by atoms with E-state index in [2.05, 4.69) is 15.6 Å². The molecule has 0 fully saturated rings. The fourth-order valence-corrected chi connectivity index (χ4v) is 4.53. The molecule has 0 saturated heterocycles. The van der Waals surface area contributed by atoms with E-state index in [1.807, 2.05) is 0 Å². The standard InChI is InChI=1S/C22H21N5O4S/c23-22(24)26-16-9-7-14(8-10-16)21(30)27-17-5-1-2-6-18(17)32(31)19(12-20(28)29)15-4-3-11-25-13-15/h1-11,13,19H,12H2,(H,27,30)(H,28,29)(H4,23,24,26). The van der Waals surface area contributed by atoms with Crippen molar-refractivity contribution in [3.63, 3.8) is 0 Å². The molecule has 0 saturated carbocycles. The Morgan fingerprint density at radius 1 is 1.09 bits per heavy atom. The Bertz CT molecular complexity index is 1110. The van der Waals surface area contributed by atoms with Crippen LogP contribution >= 0.6 is 0 Å². The first kappa shape index (κ1) is 22.8. The molecule has 9 nitrogen and oxygen atoms in total. The van der Waals surface area contributed by atoms with E-state index in [1.165, 1.54) is 6.20 Å². The van der Waals surface area contributed by atoms with Crippen LogP contribution in [-0.2, 0) is 16.0 Å². The van der Waals surface area contributed by atoms with Gasteiger partial charge in [-0.2, -0.15) is 0 Å². The van der Waals surface area contributed by atoms with Crippen molar-refractivity contribution in [1.82, 2.24) is 4.98 Å². The summed E-state index contributed by atoms with van der Waals surface area (Å²) >= 11 is -1.77. The maximum absolute atomic E-state index is 13.4. The SMILES string of the molecule is N=C(N)Nc1ccc(C(=O)Nc2ccccc2[S+]([O-])C(CC(=O)O)c2cccnc2)cc1. The predicted octanol–water partition coefficient (Wildman–Crippen LogP) is 2.96. The number of nitrogens with two attached hydrogens (primary N) is 1. The van der Waals surface area contributed by atoms with E-state index < -0.39 is 28.3 Å². The monoisotopic (exact) mass is 451 g/mol. The van der Waals surface area contributed by atoms with Crippen LogP contribution in [0.1, 0.15) is 27.6 Å². The van der Waals surface area contributed by atoms with Gasteiger partial charge in [0.2, 0.25) is 0 Å². The van der Waals surface area contributed by atoms with Gasteiger partial charge in [0.05, 0.1) is 12.1 Å². The lowest BCUT2D eigenvalue weighted by Crippen LogP contribution is -2.21. The maximum atomic E-state index is 13.4. The van der Waals surface area contributed by atoms with Crippen molar-refractivity contribution < 1.29 is 19.2 Å². The molecule has 6 N–H and O–H groups in total. The van der Waals surface area contributed by atoms with Crippen molar-refractivity contribution in [2.24, 2.45) is 5.73 Å². The van der Waals surface area contributed by atoms with Crippen LogP contribution in [0.3, 0.4) is 0 Å². The zero-order chi connectivity index (χ0) is 23.1. The lowest BCUT2D eigenvalue weighted by molar-refractivity contribution is -0.137. The van der Waals surface area contributed by atoms with Gasteiger partial charge in [0, 0.05) is 29.2 Å². The summed E-state index contributed by atoms with van der Waals surface area (Å²) in [6.45, 7) is 0. The first-order valence-corrected chi connectivity index (χ1v) is 10.7. The molecule has 3 rings (SSSR count). The third-order valence-electron chi connectivity index (χ3n) is 4.45. The highest BCUT2D eigenvalue weighted by Gasteiger charge is 2.31. The highest BCUT2D eigenvalue weighted by molar-refractivity contribution is 7.91. The number of carbonyl (C=O) groups excluding carboxylic acids is 1. The van der Waals surface area contributed by atoms with Crippen molar-refractivity contribution in [2.45, 2.75) is 16.6 Å². The number of nitrogens with one attached hydrogen (secondary N) is 3. The molecule has 2 atom stereocenters. The lowest BCUT2D eigenvalue weighted by Gasteiger charge is -2.22. The van der Waals surface area contributed by atoms with Crippen LogP contribution in [0.25, 0.3) is 0 Å². The summed E-state index contributed by atoms with van der Waals surface area (Å²) in [7, 11) is 0. The molecule has 1 aromatic heterocycles. The second kappa shape index (κ2) is 10.4. The molecule has 164 valence electrons. The number of carboxylic acid groups (broad SMARTS) is 1. The third kappa shape index (κ3) is 5.84. The van der Waals surface area contributed by atoms with E-state index in [0.29, 0.717) is 27.4 Å². The van der Waals surface area contributed by atoms with Gasteiger partial charge < -0.3 is 26.0 Å². The van der Waals surface area contributed by atoms with E-state index >= 15 is 0 Å². The summed E-state index contributed by atoms with van der Waals surface area (Å²) in [6, 6.07) is 16.2.